The number of phenolic OH excluding ortho intramolecular Hbond substituents is 1. The monoisotopic (exact) mass is 655 g/mol. The molecule has 0 bridgehead atoms. The van der Waals surface area contributed by atoms with E-state index in [9.17, 15) is 18.7 Å². The fourth-order valence-electron chi connectivity index (χ4n) is 5.95. The Balaban J connectivity index is 1.80. The molecule has 0 atom stereocenters. The number of aryl methyl sites for hydroxylation is 2. The van der Waals surface area contributed by atoms with Crippen molar-refractivity contribution in [3.05, 3.63) is 117 Å². The lowest BCUT2D eigenvalue weighted by Gasteiger charge is -2.31. The number of aromatic nitrogens is 1. The van der Waals surface area contributed by atoms with Crippen LogP contribution in [0, 0.1) is 25.5 Å². The van der Waals surface area contributed by atoms with Crippen LogP contribution in [-0.2, 0) is 17.4 Å². The highest BCUT2D eigenvalue weighted by molar-refractivity contribution is 6.34. The van der Waals surface area contributed by atoms with Crippen LogP contribution in [0.4, 0.5) is 25.0 Å². The highest BCUT2D eigenvalue weighted by Gasteiger charge is 2.29. The molecule has 5 rings (SSSR count). The number of phenols is 1. The van der Waals surface area contributed by atoms with Gasteiger partial charge in [-0.3, -0.25) is 9.88 Å². The lowest BCUT2D eigenvalue weighted by molar-refractivity contribution is 0.256. The first-order valence-corrected chi connectivity index (χ1v) is 15.9. The van der Waals surface area contributed by atoms with Crippen molar-refractivity contribution in [1.29, 1.82) is 0 Å². The molecular formula is C39H40ClF2N3O2. The highest BCUT2D eigenvalue weighted by Crippen LogP contribution is 2.43. The number of hydrogen-bond acceptors (Lipinski definition) is 3. The number of urea groups is 1. The Hall–Kier alpha value is -4.49. The Morgan fingerprint density at radius 2 is 1.55 bits per heavy atom. The van der Waals surface area contributed by atoms with Gasteiger partial charge >= 0.3 is 6.03 Å². The number of hydrogen-bond donors (Lipinski definition) is 2. The van der Waals surface area contributed by atoms with E-state index in [4.69, 9.17) is 16.6 Å². The molecule has 8 heteroatoms. The predicted octanol–water partition coefficient (Wildman–Crippen LogP) is 11.0. The number of nitrogens with zero attached hydrogens (tertiary/aromatic N) is 2. The van der Waals surface area contributed by atoms with E-state index in [0.29, 0.717) is 21.8 Å². The minimum absolute atomic E-state index is 0.0382. The van der Waals surface area contributed by atoms with E-state index in [1.54, 1.807) is 12.3 Å². The van der Waals surface area contributed by atoms with Gasteiger partial charge in [-0.25, -0.2) is 13.6 Å². The van der Waals surface area contributed by atoms with Gasteiger partial charge in [0.25, 0.3) is 0 Å². The molecule has 0 unspecified atom stereocenters. The van der Waals surface area contributed by atoms with E-state index in [-0.39, 0.29) is 18.0 Å². The third kappa shape index (κ3) is 6.96. The molecule has 47 heavy (non-hydrogen) atoms. The number of fused-ring (bicyclic) bond motifs is 1. The Morgan fingerprint density at radius 1 is 0.915 bits per heavy atom. The molecule has 0 aliphatic rings. The van der Waals surface area contributed by atoms with Gasteiger partial charge in [-0.2, -0.15) is 0 Å². The summed E-state index contributed by atoms with van der Waals surface area (Å²) in [7, 11) is 0. The summed E-state index contributed by atoms with van der Waals surface area (Å²) in [5.41, 5.74) is 5.79. The Bertz CT molecular complexity index is 1980. The van der Waals surface area contributed by atoms with Crippen LogP contribution in [0.3, 0.4) is 0 Å². The highest BCUT2D eigenvalue weighted by atomic mass is 35.5. The second-order valence-electron chi connectivity index (χ2n) is 14.2. The van der Waals surface area contributed by atoms with Gasteiger partial charge in [0, 0.05) is 27.6 Å². The lowest BCUT2D eigenvalue weighted by Crippen LogP contribution is -2.35. The summed E-state index contributed by atoms with van der Waals surface area (Å²) >= 11 is 6.83. The number of rotatable bonds is 5. The molecule has 5 aromatic rings. The summed E-state index contributed by atoms with van der Waals surface area (Å²) in [6.45, 7) is 16.1. The van der Waals surface area contributed by atoms with E-state index < -0.39 is 28.5 Å². The molecule has 0 radical (unpaired) electrons. The van der Waals surface area contributed by atoms with Crippen LogP contribution in [0.15, 0.2) is 72.9 Å². The molecule has 4 aromatic carbocycles. The lowest BCUT2D eigenvalue weighted by atomic mass is 9.78. The van der Waals surface area contributed by atoms with Gasteiger partial charge in [0.2, 0.25) is 0 Å². The number of benzene rings is 4. The van der Waals surface area contributed by atoms with Crippen molar-refractivity contribution in [2.24, 2.45) is 0 Å². The fraction of sp³-hybridized carbons (Fsp3) is 0.282. The average molecular weight is 656 g/mol. The van der Waals surface area contributed by atoms with Crippen molar-refractivity contribution in [2.75, 3.05) is 10.2 Å². The molecule has 5 nitrogen and oxygen atoms in total. The number of amides is 2. The number of nitrogens with one attached hydrogen (secondary N) is 1. The summed E-state index contributed by atoms with van der Waals surface area (Å²) in [5.74, 6) is -1.44. The topological polar surface area (TPSA) is 65.5 Å². The zero-order valence-electron chi connectivity index (χ0n) is 28.0. The number of carbonyl (C=O) groups excluding carboxylic acids is 1. The maximum Gasteiger partial charge on any atom is 0.326 e. The fourth-order valence-corrected chi connectivity index (χ4v) is 6.18. The molecule has 1 heterocycles. The van der Waals surface area contributed by atoms with E-state index in [0.717, 1.165) is 50.9 Å². The van der Waals surface area contributed by atoms with Crippen LogP contribution >= 0.6 is 11.6 Å². The number of carbonyl (C=O) groups is 1. The number of halogens is 3. The Morgan fingerprint density at radius 3 is 2.15 bits per heavy atom. The van der Waals surface area contributed by atoms with E-state index in [1.807, 2.05) is 97.9 Å². The molecule has 244 valence electrons. The predicted molar refractivity (Wildman–Crippen MR) is 189 cm³/mol. The summed E-state index contributed by atoms with van der Waals surface area (Å²) in [6, 6.07) is 17.6. The molecule has 1 aromatic heterocycles. The van der Waals surface area contributed by atoms with E-state index in [2.05, 4.69) is 5.32 Å². The largest absolute Gasteiger partial charge is 0.507 e. The minimum atomic E-state index is -0.901. The summed E-state index contributed by atoms with van der Waals surface area (Å²) in [6.07, 6.45) is 1.64. The van der Waals surface area contributed by atoms with Gasteiger partial charge in [0.15, 0.2) is 0 Å². The SMILES string of the molecule is Cc1cc(C)c2ncc(N(Cc3cc(C(C)(C)C)c(O)c(C(C)(C)C)c3)C(=O)Nc3ccc(F)cc3F)c(-c3ccccc3Cl)c2c1. The van der Waals surface area contributed by atoms with Crippen LogP contribution in [0.1, 0.15) is 69.4 Å². The molecule has 0 saturated carbocycles. The van der Waals surface area contributed by atoms with Crippen LogP contribution in [-0.4, -0.2) is 16.1 Å². The molecular weight excluding hydrogens is 616 g/mol. The molecule has 2 amide bonds. The Kier molecular flexibility index (Phi) is 9.08. The molecule has 0 spiro atoms. The van der Waals surface area contributed by atoms with Crippen molar-refractivity contribution in [1.82, 2.24) is 4.98 Å². The normalized spacial score (nSPS) is 12.0. The first-order chi connectivity index (χ1) is 22.0. The van der Waals surface area contributed by atoms with Crippen molar-refractivity contribution in [2.45, 2.75) is 72.8 Å². The third-order valence-corrected chi connectivity index (χ3v) is 8.59. The first kappa shape index (κ1) is 33.9. The minimum Gasteiger partial charge on any atom is -0.507 e. The van der Waals surface area contributed by atoms with Crippen LogP contribution in [0.25, 0.3) is 22.0 Å². The Labute approximate surface area is 280 Å². The van der Waals surface area contributed by atoms with Gasteiger partial charge in [0.05, 0.1) is 29.6 Å². The van der Waals surface area contributed by atoms with Gasteiger partial charge in [0.1, 0.15) is 17.4 Å². The third-order valence-electron chi connectivity index (χ3n) is 8.26. The van der Waals surface area contributed by atoms with Crippen molar-refractivity contribution in [3.8, 4) is 16.9 Å². The van der Waals surface area contributed by atoms with Gasteiger partial charge in [-0.1, -0.05) is 83.0 Å². The summed E-state index contributed by atoms with van der Waals surface area (Å²) < 4.78 is 28.7. The smallest absolute Gasteiger partial charge is 0.326 e. The number of anilines is 2. The number of pyridine rings is 1. The zero-order valence-corrected chi connectivity index (χ0v) is 28.8. The molecule has 0 saturated heterocycles. The summed E-state index contributed by atoms with van der Waals surface area (Å²) in [5, 5.41) is 15.3. The summed E-state index contributed by atoms with van der Waals surface area (Å²) in [4.78, 5) is 20.7. The van der Waals surface area contributed by atoms with Crippen molar-refractivity contribution < 1.29 is 18.7 Å². The molecule has 0 aliphatic carbocycles. The van der Waals surface area contributed by atoms with Gasteiger partial charge in [-0.15, -0.1) is 0 Å². The number of aromatic hydroxyl groups is 1. The average Bonchev–Trinajstić information content (AvgIpc) is 2.96. The van der Waals surface area contributed by atoms with E-state index >= 15 is 0 Å². The zero-order chi connectivity index (χ0) is 34.4. The maximum atomic E-state index is 14.9. The maximum absolute atomic E-state index is 14.9. The first-order valence-electron chi connectivity index (χ1n) is 15.5. The second-order valence-corrected chi connectivity index (χ2v) is 14.6. The van der Waals surface area contributed by atoms with Crippen LogP contribution in [0.5, 0.6) is 5.75 Å². The van der Waals surface area contributed by atoms with Crippen LogP contribution < -0.4 is 10.2 Å². The molecule has 0 fully saturated rings. The van der Waals surface area contributed by atoms with Gasteiger partial charge < -0.3 is 10.4 Å². The van der Waals surface area contributed by atoms with Gasteiger partial charge in [-0.05, 0) is 83.3 Å². The standard InChI is InChI=1S/C39H40ClF2N3O2/c1-22-15-23(2)35-27(16-22)34(26-11-9-10-12-30(26)40)33(20-43-35)45(37(47)44-32-14-13-25(41)19-31(32)42)21-24-17-28(38(3,4)5)36(46)29(18-24)39(6,7)8/h9-20,46H,21H2,1-8H3,(H,44,47). The van der Waals surface area contributed by atoms with E-state index in [1.165, 1.54) is 11.0 Å². The quantitative estimate of drug-likeness (QED) is 0.198. The second kappa shape index (κ2) is 12.6. The van der Waals surface area contributed by atoms with Crippen molar-refractivity contribution >= 4 is 39.9 Å². The molecule has 0 aliphatic heterocycles. The van der Waals surface area contributed by atoms with Crippen molar-refractivity contribution in [3.63, 3.8) is 0 Å². The molecule has 2 N–H and O–H groups in total. The van der Waals surface area contributed by atoms with Crippen LogP contribution in [0.2, 0.25) is 5.02 Å².